The molecule has 0 saturated carbocycles. The van der Waals surface area contributed by atoms with Gasteiger partial charge in [-0.2, -0.15) is 0 Å². The topological polar surface area (TPSA) is 59.6 Å². The fraction of sp³-hybridized carbons (Fsp3) is 0.286. The molecule has 2 N–H and O–H groups in total. The van der Waals surface area contributed by atoms with Crippen molar-refractivity contribution in [1.82, 2.24) is 10.6 Å². The van der Waals surface area contributed by atoms with Crippen LogP contribution in [0.3, 0.4) is 0 Å². The summed E-state index contributed by atoms with van der Waals surface area (Å²) >= 11 is 3.39. The van der Waals surface area contributed by atoms with Crippen molar-refractivity contribution in [3.8, 4) is 11.5 Å². The van der Waals surface area contributed by atoms with E-state index in [1.807, 2.05) is 62.4 Å². The first kappa shape index (κ1) is 20.8. The van der Waals surface area contributed by atoms with Crippen LogP contribution in [0, 0.1) is 0 Å². The molecule has 0 bridgehead atoms. The predicted octanol–water partition coefficient (Wildman–Crippen LogP) is 4.76. The predicted molar refractivity (Wildman–Crippen MR) is 112 cm³/mol. The van der Waals surface area contributed by atoms with E-state index in [4.69, 9.17) is 9.47 Å². The first-order valence-electron chi connectivity index (χ1n) is 8.97. The summed E-state index contributed by atoms with van der Waals surface area (Å²) < 4.78 is 12.2. The van der Waals surface area contributed by atoms with Crippen molar-refractivity contribution < 1.29 is 14.3 Å². The Kier molecular flexibility index (Phi) is 8.71. The number of amides is 2. The Morgan fingerprint density at radius 3 is 2.44 bits per heavy atom. The zero-order valence-corrected chi connectivity index (χ0v) is 17.2. The van der Waals surface area contributed by atoms with E-state index in [9.17, 15) is 4.79 Å². The van der Waals surface area contributed by atoms with Crippen LogP contribution in [0.4, 0.5) is 4.79 Å². The number of hydrogen-bond acceptors (Lipinski definition) is 3. The number of ether oxygens (including phenoxy) is 2. The third-order valence-electron chi connectivity index (χ3n) is 3.67. The molecule has 0 spiro atoms. The number of carbonyl (C=O) groups excluding carboxylic acids is 1. The molecule has 0 heterocycles. The Bertz CT molecular complexity index is 761. The monoisotopic (exact) mass is 432 g/mol. The third kappa shape index (κ3) is 7.35. The van der Waals surface area contributed by atoms with Crippen LogP contribution in [0.25, 0.3) is 6.08 Å². The maximum absolute atomic E-state index is 11.9. The van der Waals surface area contributed by atoms with Crippen LogP contribution in [0.15, 0.2) is 53.1 Å². The van der Waals surface area contributed by atoms with Gasteiger partial charge in [-0.3, -0.25) is 0 Å². The van der Waals surface area contributed by atoms with Gasteiger partial charge in [0.05, 0.1) is 13.2 Å². The Balaban J connectivity index is 1.78. The minimum absolute atomic E-state index is 0.237. The molecule has 0 aliphatic heterocycles. The van der Waals surface area contributed by atoms with Gasteiger partial charge in [-0.25, -0.2) is 4.79 Å². The zero-order chi connectivity index (χ0) is 19.5. The molecule has 2 rings (SSSR count). The Morgan fingerprint density at radius 1 is 1.04 bits per heavy atom. The highest BCUT2D eigenvalue weighted by Crippen LogP contribution is 2.28. The van der Waals surface area contributed by atoms with Crippen LogP contribution in [-0.2, 0) is 6.42 Å². The molecule has 2 amide bonds. The number of carbonyl (C=O) groups is 1. The van der Waals surface area contributed by atoms with Crippen LogP contribution >= 0.6 is 15.9 Å². The van der Waals surface area contributed by atoms with E-state index in [1.165, 1.54) is 0 Å². The Morgan fingerprint density at radius 2 is 1.74 bits per heavy atom. The smallest absolute Gasteiger partial charge is 0.318 e. The van der Waals surface area contributed by atoms with Crippen molar-refractivity contribution in [1.29, 1.82) is 0 Å². The SMILES string of the molecule is CCOc1ccc(CCNC(=O)N/C=C/c2ccc(Br)cc2)cc1OCC. The van der Waals surface area contributed by atoms with E-state index in [2.05, 4.69) is 26.6 Å². The second kappa shape index (κ2) is 11.3. The molecule has 0 fully saturated rings. The number of rotatable bonds is 9. The van der Waals surface area contributed by atoms with Crippen LogP contribution in [0.5, 0.6) is 11.5 Å². The van der Waals surface area contributed by atoms with Gasteiger partial charge in [0.25, 0.3) is 0 Å². The van der Waals surface area contributed by atoms with Crippen molar-refractivity contribution >= 4 is 28.0 Å². The second-order valence-corrected chi connectivity index (χ2v) is 6.60. The molecule has 0 aliphatic rings. The largest absolute Gasteiger partial charge is 0.490 e. The highest BCUT2D eigenvalue weighted by atomic mass is 79.9. The van der Waals surface area contributed by atoms with E-state index in [-0.39, 0.29) is 6.03 Å². The Hall–Kier alpha value is -2.47. The van der Waals surface area contributed by atoms with E-state index in [0.29, 0.717) is 26.2 Å². The van der Waals surface area contributed by atoms with E-state index in [1.54, 1.807) is 6.20 Å². The lowest BCUT2D eigenvalue weighted by Gasteiger charge is -2.12. The molecule has 0 radical (unpaired) electrons. The molecule has 0 saturated heterocycles. The van der Waals surface area contributed by atoms with Gasteiger partial charge in [0.2, 0.25) is 0 Å². The molecule has 5 nitrogen and oxygen atoms in total. The summed E-state index contributed by atoms with van der Waals surface area (Å²) in [4.78, 5) is 11.9. The van der Waals surface area contributed by atoms with Crippen LogP contribution < -0.4 is 20.1 Å². The highest BCUT2D eigenvalue weighted by Gasteiger charge is 2.06. The summed E-state index contributed by atoms with van der Waals surface area (Å²) in [7, 11) is 0. The number of urea groups is 1. The van der Waals surface area contributed by atoms with E-state index in [0.717, 1.165) is 27.1 Å². The third-order valence-corrected chi connectivity index (χ3v) is 4.20. The molecule has 27 heavy (non-hydrogen) atoms. The van der Waals surface area contributed by atoms with Gasteiger partial charge in [-0.05, 0) is 61.7 Å². The molecule has 0 atom stereocenters. The van der Waals surface area contributed by atoms with E-state index >= 15 is 0 Å². The summed E-state index contributed by atoms with van der Waals surface area (Å²) in [6.45, 7) is 5.58. The molecule has 0 unspecified atom stereocenters. The maximum atomic E-state index is 11.9. The minimum atomic E-state index is -0.237. The second-order valence-electron chi connectivity index (χ2n) is 5.68. The van der Waals surface area contributed by atoms with Gasteiger partial charge in [0.15, 0.2) is 11.5 Å². The summed E-state index contributed by atoms with van der Waals surface area (Å²) in [5.74, 6) is 1.48. The number of benzene rings is 2. The van der Waals surface area contributed by atoms with Gasteiger partial charge in [0, 0.05) is 17.2 Å². The molecule has 144 valence electrons. The lowest BCUT2D eigenvalue weighted by Crippen LogP contribution is -2.33. The molecule has 0 aliphatic carbocycles. The fourth-order valence-electron chi connectivity index (χ4n) is 2.41. The quantitative estimate of drug-likeness (QED) is 0.600. The standard InChI is InChI=1S/C21H25BrN2O3/c1-3-26-19-10-7-17(15-20(19)27-4-2)12-14-24-21(25)23-13-11-16-5-8-18(22)9-6-16/h5-11,13,15H,3-4,12,14H2,1-2H3,(H2,23,24,25)/b13-11+. The number of halogens is 1. The zero-order valence-electron chi connectivity index (χ0n) is 15.6. The summed E-state index contributed by atoms with van der Waals surface area (Å²) in [5, 5.41) is 5.54. The van der Waals surface area contributed by atoms with Crippen LogP contribution in [-0.4, -0.2) is 25.8 Å². The maximum Gasteiger partial charge on any atom is 0.318 e. The normalized spacial score (nSPS) is 10.6. The molecule has 0 aromatic heterocycles. The first-order valence-corrected chi connectivity index (χ1v) is 9.76. The Labute approximate surface area is 168 Å². The lowest BCUT2D eigenvalue weighted by molar-refractivity contribution is 0.244. The number of hydrogen-bond donors (Lipinski definition) is 2. The van der Waals surface area contributed by atoms with Crippen molar-refractivity contribution in [2.75, 3.05) is 19.8 Å². The number of nitrogens with one attached hydrogen (secondary N) is 2. The lowest BCUT2D eigenvalue weighted by atomic mass is 10.1. The van der Waals surface area contributed by atoms with Crippen molar-refractivity contribution in [2.24, 2.45) is 0 Å². The average Bonchev–Trinajstić information content (AvgIpc) is 2.66. The van der Waals surface area contributed by atoms with Gasteiger partial charge >= 0.3 is 6.03 Å². The van der Waals surface area contributed by atoms with Gasteiger partial charge in [0.1, 0.15) is 0 Å². The molecule has 6 heteroatoms. The average molecular weight is 433 g/mol. The summed E-state index contributed by atoms with van der Waals surface area (Å²) in [5.41, 5.74) is 2.09. The van der Waals surface area contributed by atoms with Gasteiger partial charge in [-0.1, -0.05) is 34.1 Å². The van der Waals surface area contributed by atoms with Crippen molar-refractivity contribution in [3.63, 3.8) is 0 Å². The van der Waals surface area contributed by atoms with E-state index < -0.39 is 0 Å². The van der Waals surface area contributed by atoms with Crippen LogP contribution in [0.1, 0.15) is 25.0 Å². The van der Waals surface area contributed by atoms with Gasteiger partial charge in [-0.15, -0.1) is 0 Å². The first-order chi connectivity index (χ1) is 13.1. The molecule has 2 aromatic carbocycles. The van der Waals surface area contributed by atoms with Crippen LogP contribution in [0.2, 0.25) is 0 Å². The molecule has 2 aromatic rings. The fourth-order valence-corrected chi connectivity index (χ4v) is 2.67. The summed E-state index contributed by atoms with van der Waals surface area (Å²) in [6.07, 6.45) is 4.17. The molecular formula is C21H25BrN2O3. The van der Waals surface area contributed by atoms with Crippen molar-refractivity contribution in [3.05, 3.63) is 64.3 Å². The highest BCUT2D eigenvalue weighted by molar-refractivity contribution is 9.10. The molecular weight excluding hydrogens is 408 g/mol. The van der Waals surface area contributed by atoms with Gasteiger partial charge < -0.3 is 20.1 Å². The van der Waals surface area contributed by atoms with Crippen molar-refractivity contribution in [2.45, 2.75) is 20.3 Å². The minimum Gasteiger partial charge on any atom is -0.490 e. The summed E-state index contributed by atoms with van der Waals surface area (Å²) in [6, 6.07) is 13.4.